The Labute approximate surface area is 178 Å². The highest BCUT2D eigenvalue weighted by Gasteiger charge is 2.23. The molecule has 1 amide bonds. The third-order valence-corrected chi connectivity index (χ3v) is 4.39. The van der Waals surface area contributed by atoms with Crippen molar-refractivity contribution in [2.24, 2.45) is 0 Å². The molecule has 31 heavy (non-hydrogen) atoms. The normalized spacial score (nSPS) is 10.3. The van der Waals surface area contributed by atoms with E-state index in [1.165, 1.54) is 18.0 Å². The highest BCUT2D eigenvalue weighted by Crippen LogP contribution is 2.32. The van der Waals surface area contributed by atoms with Crippen LogP contribution < -0.4 is 9.64 Å². The number of nitro groups is 1. The van der Waals surface area contributed by atoms with E-state index in [0.29, 0.717) is 17.2 Å². The fraction of sp³-hybridized carbons (Fsp3) is 0.130. The first-order chi connectivity index (χ1) is 14.9. The van der Waals surface area contributed by atoms with Crippen LogP contribution in [0, 0.1) is 10.1 Å². The van der Waals surface area contributed by atoms with E-state index in [-0.39, 0.29) is 23.4 Å². The van der Waals surface area contributed by atoms with Gasteiger partial charge in [-0.05, 0) is 37.3 Å². The molecule has 158 valence electrons. The predicted octanol–water partition coefficient (Wildman–Crippen LogP) is 4.84. The number of carbonyl (C=O) groups excluding carboxylic acids is 2. The Kier molecular flexibility index (Phi) is 6.61. The minimum absolute atomic E-state index is 0.0192. The summed E-state index contributed by atoms with van der Waals surface area (Å²) < 4.78 is 10.8. The lowest BCUT2D eigenvalue weighted by Crippen LogP contribution is -2.27. The van der Waals surface area contributed by atoms with Gasteiger partial charge in [0.1, 0.15) is 5.75 Å². The highest BCUT2D eigenvalue weighted by molar-refractivity contribution is 6.08. The molecule has 3 aromatic carbocycles. The Hall–Kier alpha value is -4.20. The maximum absolute atomic E-state index is 13.2. The summed E-state index contributed by atoms with van der Waals surface area (Å²) in [4.78, 5) is 37.2. The molecule has 0 aromatic heterocycles. The van der Waals surface area contributed by atoms with Crippen molar-refractivity contribution in [3.63, 3.8) is 0 Å². The van der Waals surface area contributed by atoms with Gasteiger partial charge in [-0.1, -0.05) is 30.3 Å². The monoisotopic (exact) mass is 420 g/mol. The van der Waals surface area contributed by atoms with Crippen molar-refractivity contribution in [1.29, 1.82) is 0 Å². The van der Waals surface area contributed by atoms with E-state index in [2.05, 4.69) is 0 Å². The van der Waals surface area contributed by atoms with Crippen molar-refractivity contribution in [1.82, 2.24) is 0 Å². The largest absolute Gasteiger partial charge is 0.462 e. The first kappa shape index (κ1) is 21.5. The number of carbonyl (C=O) groups is 2. The quantitative estimate of drug-likeness (QED) is 0.308. The molecule has 0 unspecified atom stereocenters. The summed E-state index contributed by atoms with van der Waals surface area (Å²) in [6, 6.07) is 19.5. The average molecular weight is 420 g/mol. The lowest BCUT2D eigenvalue weighted by Gasteiger charge is -2.21. The van der Waals surface area contributed by atoms with Crippen LogP contribution in [0.25, 0.3) is 0 Å². The fourth-order valence-electron chi connectivity index (χ4n) is 2.91. The Morgan fingerprint density at radius 2 is 1.61 bits per heavy atom. The van der Waals surface area contributed by atoms with Crippen LogP contribution in [0.4, 0.5) is 11.4 Å². The number of hydrogen-bond acceptors (Lipinski definition) is 6. The molecule has 0 N–H and O–H groups in total. The van der Waals surface area contributed by atoms with Gasteiger partial charge in [0.2, 0.25) is 0 Å². The van der Waals surface area contributed by atoms with Gasteiger partial charge >= 0.3 is 5.97 Å². The van der Waals surface area contributed by atoms with Gasteiger partial charge in [-0.25, -0.2) is 4.79 Å². The van der Waals surface area contributed by atoms with Crippen LogP contribution in [0.5, 0.6) is 11.5 Å². The molecule has 0 heterocycles. The van der Waals surface area contributed by atoms with Crippen LogP contribution in [0.1, 0.15) is 27.6 Å². The van der Waals surface area contributed by atoms with E-state index in [9.17, 15) is 19.7 Å². The third-order valence-electron chi connectivity index (χ3n) is 4.39. The van der Waals surface area contributed by atoms with Gasteiger partial charge in [-0.15, -0.1) is 0 Å². The van der Waals surface area contributed by atoms with Crippen LogP contribution >= 0.6 is 0 Å². The van der Waals surface area contributed by atoms with E-state index in [1.807, 2.05) is 18.2 Å². The van der Waals surface area contributed by atoms with E-state index < -0.39 is 16.8 Å². The molecule has 0 spiro atoms. The number of hydrogen-bond donors (Lipinski definition) is 0. The van der Waals surface area contributed by atoms with Crippen LogP contribution in [0.2, 0.25) is 0 Å². The molecule has 0 atom stereocenters. The maximum Gasteiger partial charge on any atom is 0.338 e. The van der Waals surface area contributed by atoms with Crippen molar-refractivity contribution in [2.75, 3.05) is 18.6 Å². The van der Waals surface area contributed by atoms with E-state index in [0.717, 1.165) is 12.1 Å². The Morgan fingerprint density at radius 1 is 0.968 bits per heavy atom. The van der Waals surface area contributed by atoms with Crippen molar-refractivity contribution in [3.8, 4) is 11.5 Å². The maximum atomic E-state index is 13.2. The molecule has 3 aromatic rings. The zero-order chi connectivity index (χ0) is 22.4. The van der Waals surface area contributed by atoms with Crippen LogP contribution in [0.3, 0.4) is 0 Å². The van der Waals surface area contributed by atoms with Crippen molar-refractivity contribution in [3.05, 3.63) is 94.0 Å². The van der Waals surface area contributed by atoms with Gasteiger partial charge in [0.15, 0.2) is 5.75 Å². The van der Waals surface area contributed by atoms with Crippen LogP contribution in [0.15, 0.2) is 72.8 Å². The second kappa shape index (κ2) is 9.53. The molecule has 0 aliphatic carbocycles. The predicted molar refractivity (Wildman–Crippen MR) is 115 cm³/mol. The first-order valence-corrected chi connectivity index (χ1v) is 9.47. The second-order valence-electron chi connectivity index (χ2n) is 6.49. The van der Waals surface area contributed by atoms with Gasteiger partial charge < -0.3 is 14.4 Å². The molecule has 0 aliphatic heterocycles. The number of esters is 1. The summed E-state index contributed by atoms with van der Waals surface area (Å²) in [7, 11) is 1.53. The molecule has 8 nitrogen and oxygen atoms in total. The first-order valence-electron chi connectivity index (χ1n) is 9.47. The molecule has 8 heteroatoms. The minimum Gasteiger partial charge on any atom is -0.462 e. The standard InChI is InChI=1S/C23H20N2O6/c1-3-30-23(27)17-13-16(14-18(15-17)25(28)29)22(26)24(2)20-11-7-8-12-21(20)31-19-9-5-4-6-10-19/h4-15H,3H2,1-2H3. The number of para-hydroxylation sites is 3. The molecule has 0 bridgehead atoms. The summed E-state index contributed by atoms with van der Waals surface area (Å²) in [6.07, 6.45) is 0. The van der Waals surface area contributed by atoms with Crippen molar-refractivity contribution >= 4 is 23.3 Å². The second-order valence-corrected chi connectivity index (χ2v) is 6.49. The highest BCUT2D eigenvalue weighted by atomic mass is 16.6. The number of rotatable bonds is 7. The smallest absolute Gasteiger partial charge is 0.338 e. The lowest BCUT2D eigenvalue weighted by atomic mass is 10.1. The Balaban J connectivity index is 1.96. The summed E-state index contributed by atoms with van der Waals surface area (Å²) in [5.74, 6) is -0.259. The molecule has 0 fully saturated rings. The zero-order valence-corrected chi connectivity index (χ0v) is 17.0. The van der Waals surface area contributed by atoms with Gasteiger partial charge in [0, 0.05) is 24.7 Å². The SMILES string of the molecule is CCOC(=O)c1cc(C(=O)N(C)c2ccccc2Oc2ccccc2)cc([N+](=O)[O-])c1. The molecular weight excluding hydrogens is 400 g/mol. The molecule has 3 rings (SSSR count). The fourth-order valence-corrected chi connectivity index (χ4v) is 2.91. The summed E-state index contributed by atoms with van der Waals surface area (Å²) >= 11 is 0. The lowest BCUT2D eigenvalue weighted by molar-refractivity contribution is -0.384. The molecular formula is C23H20N2O6. The molecule has 0 radical (unpaired) electrons. The number of nitrogens with zero attached hydrogens (tertiary/aromatic N) is 2. The number of anilines is 1. The molecule has 0 saturated heterocycles. The average Bonchev–Trinajstić information content (AvgIpc) is 2.79. The zero-order valence-electron chi connectivity index (χ0n) is 17.0. The van der Waals surface area contributed by atoms with Crippen molar-refractivity contribution < 1.29 is 24.0 Å². The third kappa shape index (κ3) is 5.05. The molecule has 0 saturated carbocycles. The summed E-state index contributed by atoms with van der Waals surface area (Å²) in [5.41, 5.74) is -0.00689. The topological polar surface area (TPSA) is 99.0 Å². The number of amides is 1. The minimum atomic E-state index is -0.740. The van der Waals surface area contributed by atoms with Gasteiger partial charge in [0.25, 0.3) is 11.6 Å². The summed E-state index contributed by atoms with van der Waals surface area (Å²) in [6.45, 7) is 1.73. The van der Waals surface area contributed by atoms with E-state index in [4.69, 9.17) is 9.47 Å². The van der Waals surface area contributed by atoms with Crippen molar-refractivity contribution in [2.45, 2.75) is 6.92 Å². The number of nitro benzene ring substituents is 1. The van der Waals surface area contributed by atoms with Crippen LogP contribution in [-0.4, -0.2) is 30.5 Å². The van der Waals surface area contributed by atoms with Gasteiger partial charge in [0.05, 0.1) is 22.8 Å². The Morgan fingerprint density at radius 3 is 2.29 bits per heavy atom. The number of non-ortho nitro benzene ring substituents is 1. The van der Waals surface area contributed by atoms with E-state index >= 15 is 0 Å². The molecule has 0 aliphatic rings. The Bertz CT molecular complexity index is 1110. The van der Waals surface area contributed by atoms with Crippen LogP contribution in [-0.2, 0) is 4.74 Å². The number of benzene rings is 3. The van der Waals surface area contributed by atoms with Gasteiger partial charge in [-0.2, -0.15) is 0 Å². The van der Waals surface area contributed by atoms with E-state index in [1.54, 1.807) is 43.3 Å². The van der Waals surface area contributed by atoms with Gasteiger partial charge in [-0.3, -0.25) is 14.9 Å². The summed E-state index contributed by atoms with van der Waals surface area (Å²) in [5, 5.41) is 11.3. The number of ether oxygens (including phenoxy) is 2.